The summed E-state index contributed by atoms with van der Waals surface area (Å²) in [6, 6.07) is 7.25. The van der Waals surface area contributed by atoms with Gasteiger partial charge in [-0.25, -0.2) is 0 Å². The van der Waals surface area contributed by atoms with Gasteiger partial charge in [0.05, 0.1) is 36.5 Å². The molecule has 0 spiro atoms. The van der Waals surface area contributed by atoms with Gasteiger partial charge in [0.25, 0.3) is 0 Å². The molecule has 0 N–H and O–H groups in total. The second kappa shape index (κ2) is 14.8. The first kappa shape index (κ1) is 40.8. The fraction of sp³-hybridized carbons (Fsp3) is 0.351. The molecule has 15 heteroatoms. The van der Waals surface area contributed by atoms with Gasteiger partial charge in [0.15, 0.2) is 0 Å². The molecule has 0 aliphatic carbocycles. The van der Waals surface area contributed by atoms with Crippen molar-refractivity contribution in [1.82, 2.24) is 0 Å². The van der Waals surface area contributed by atoms with Crippen molar-refractivity contribution in [2.75, 3.05) is 14.2 Å². The van der Waals surface area contributed by atoms with Gasteiger partial charge in [-0.05, 0) is 103 Å². The molecule has 0 saturated heterocycles. The lowest BCUT2D eigenvalue weighted by atomic mass is 9.85. The van der Waals surface area contributed by atoms with Crippen LogP contribution in [-0.2, 0) is 31.1 Å². The summed E-state index contributed by atoms with van der Waals surface area (Å²) in [6.45, 7) is 7.33. The Morgan fingerprint density at radius 2 is 0.981 bits per heavy atom. The lowest BCUT2D eigenvalue weighted by Gasteiger charge is -2.30. The molecular weight excluding hydrogens is 735 g/mol. The van der Waals surface area contributed by atoms with Gasteiger partial charge in [-0.2, -0.15) is 52.7 Å². The molecule has 0 unspecified atom stereocenters. The van der Waals surface area contributed by atoms with Crippen LogP contribution in [0.25, 0.3) is 11.1 Å². The Kier molecular flexibility index (Phi) is 11.6. The smallest absolute Gasteiger partial charge is 0.416 e. The van der Waals surface area contributed by atoms with E-state index in [0.717, 1.165) is 12.7 Å². The molecule has 2 nitrogen and oxygen atoms in total. The summed E-state index contributed by atoms with van der Waals surface area (Å²) in [5.74, 6) is -0.467. The predicted molar refractivity (Wildman–Crippen MR) is 177 cm³/mol. The van der Waals surface area contributed by atoms with Crippen molar-refractivity contribution in [2.45, 2.75) is 71.2 Å². The topological polar surface area (TPSA) is 18.5 Å². The van der Waals surface area contributed by atoms with E-state index in [2.05, 4.69) is 0 Å². The van der Waals surface area contributed by atoms with Gasteiger partial charge >= 0.3 is 24.7 Å². The van der Waals surface area contributed by atoms with Crippen LogP contribution in [0, 0.1) is 6.92 Å². The summed E-state index contributed by atoms with van der Waals surface area (Å²) in [7, 11) is -0.804. The minimum Gasteiger partial charge on any atom is -0.496 e. The molecule has 52 heavy (non-hydrogen) atoms. The standard InChI is InChI=1S/C37H33F12O2P/c1-7-8-21-11-20(4)12-28(19(2)3)31(21)32-29(50-5)9-10-30(51-6)33(32)52(26-15-22(34(38,39)40)13-23(16-26)35(41,42)43)27-17-24(36(44,45)46)14-25(18-27)37(47,48)49/h9-19H,7-8H2,1-6H3. The molecule has 4 aromatic rings. The molecule has 0 aliphatic rings. The first-order chi connectivity index (χ1) is 23.9. The van der Waals surface area contributed by atoms with Crippen LogP contribution in [0.5, 0.6) is 11.5 Å². The molecule has 0 amide bonds. The Labute approximate surface area is 293 Å². The van der Waals surface area contributed by atoms with Crippen molar-refractivity contribution in [3.05, 3.63) is 99.6 Å². The number of rotatable bonds is 9. The molecule has 0 saturated carbocycles. The van der Waals surface area contributed by atoms with Gasteiger partial charge in [-0.15, -0.1) is 0 Å². The van der Waals surface area contributed by atoms with E-state index in [0.29, 0.717) is 53.8 Å². The SMILES string of the molecule is CCCc1cc(C)cc(C(C)C)c1-c1c(OC)ccc(OC)c1P(c1cc(C(F)(F)F)cc(C(F)(F)F)c1)c1cc(C(F)(F)F)cc(C(F)(F)F)c1. The summed E-state index contributed by atoms with van der Waals surface area (Å²) in [5.41, 5.74) is -4.63. The molecule has 0 aromatic heterocycles. The Bertz CT molecular complexity index is 1780. The number of methoxy groups -OCH3 is 2. The Hall–Kier alpha value is -3.93. The highest BCUT2D eigenvalue weighted by atomic mass is 31.1. The average molecular weight is 769 g/mol. The maximum Gasteiger partial charge on any atom is 0.416 e. The van der Waals surface area contributed by atoms with Crippen LogP contribution < -0.4 is 25.4 Å². The number of hydrogen-bond acceptors (Lipinski definition) is 2. The van der Waals surface area contributed by atoms with E-state index >= 15 is 0 Å². The van der Waals surface area contributed by atoms with E-state index in [1.165, 1.54) is 19.2 Å². The van der Waals surface area contributed by atoms with Gasteiger partial charge in [0.2, 0.25) is 0 Å². The number of aryl methyl sites for hydroxylation is 2. The van der Waals surface area contributed by atoms with E-state index in [-0.39, 0.29) is 40.4 Å². The van der Waals surface area contributed by atoms with Crippen molar-refractivity contribution < 1.29 is 62.2 Å². The molecule has 0 radical (unpaired) electrons. The Balaban J connectivity index is 2.39. The van der Waals surface area contributed by atoms with Gasteiger partial charge in [-0.3, -0.25) is 0 Å². The number of benzene rings is 4. The highest BCUT2D eigenvalue weighted by molar-refractivity contribution is 7.80. The average Bonchev–Trinajstić information content (AvgIpc) is 3.02. The highest BCUT2D eigenvalue weighted by Crippen LogP contribution is 2.50. The fourth-order valence-corrected chi connectivity index (χ4v) is 8.73. The molecular formula is C37H33F12O2P. The summed E-state index contributed by atoms with van der Waals surface area (Å²) in [4.78, 5) is 0. The van der Waals surface area contributed by atoms with Crippen molar-refractivity contribution >= 4 is 23.8 Å². The van der Waals surface area contributed by atoms with Crippen LogP contribution in [0.4, 0.5) is 52.7 Å². The molecule has 282 valence electrons. The number of ether oxygens (including phenoxy) is 2. The summed E-state index contributed by atoms with van der Waals surface area (Å²) < 4.78 is 183. The zero-order valence-electron chi connectivity index (χ0n) is 28.6. The van der Waals surface area contributed by atoms with E-state index < -0.39 is 65.5 Å². The van der Waals surface area contributed by atoms with Crippen LogP contribution in [0.3, 0.4) is 0 Å². The maximum absolute atomic E-state index is 14.3. The normalized spacial score (nSPS) is 12.9. The minimum absolute atomic E-state index is 0.0115. The van der Waals surface area contributed by atoms with Crippen LogP contribution in [-0.4, -0.2) is 14.2 Å². The monoisotopic (exact) mass is 768 g/mol. The first-order valence-electron chi connectivity index (χ1n) is 15.7. The zero-order valence-corrected chi connectivity index (χ0v) is 29.5. The van der Waals surface area contributed by atoms with E-state index in [1.54, 1.807) is 0 Å². The largest absolute Gasteiger partial charge is 0.496 e. The predicted octanol–water partition coefficient (Wildman–Crippen LogP) is 11.6. The van der Waals surface area contributed by atoms with Crippen molar-refractivity contribution in [3.8, 4) is 22.6 Å². The van der Waals surface area contributed by atoms with E-state index in [4.69, 9.17) is 9.47 Å². The molecule has 0 heterocycles. The minimum atomic E-state index is -5.39. The van der Waals surface area contributed by atoms with Gasteiger partial charge in [-0.1, -0.05) is 44.9 Å². The van der Waals surface area contributed by atoms with Crippen LogP contribution in [0.2, 0.25) is 0 Å². The zero-order chi connectivity index (χ0) is 39.1. The number of hydrogen-bond donors (Lipinski definition) is 0. The van der Waals surface area contributed by atoms with Crippen LogP contribution >= 0.6 is 7.92 Å². The van der Waals surface area contributed by atoms with E-state index in [1.807, 2.05) is 39.8 Å². The maximum atomic E-state index is 14.3. The number of halogens is 12. The molecule has 0 atom stereocenters. The second-order valence-corrected chi connectivity index (χ2v) is 14.5. The highest BCUT2D eigenvalue weighted by Gasteiger charge is 2.42. The lowest BCUT2D eigenvalue weighted by molar-refractivity contribution is -0.144. The fourth-order valence-electron chi connectivity index (χ4n) is 6.01. The summed E-state index contributed by atoms with van der Waals surface area (Å²) in [5, 5.41) is -1.89. The molecule has 0 aliphatic heterocycles. The number of alkyl halides is 12. The third-order valence-electron chi connectivity index (χ3n) is 8.21. The Morgan fingerprint density at radius 3 is 1.33 bits per heavy atom. The van der Waals surface area contributed by atoms with Gasteiger partial charge in [0, 0.05) is 10.9 Å². The third-order valence-corrected chi connectivity index (χ3v) is 10.7. The van der Waals surface area contributed by atoms with Crippen LogP contribution in [0.1, 0.15) is 72.1 Å². The second-order valence-electron chi connectivity index (χ2n) is 12.4. The molecule has 0 fully saturated rings. The summed E-state index contributed by atoms with van der Waals surface area (Å²) >= 11 is 0. The quantitative estimate of drug-likeness (QED) is 0.125. The van der Waals surface area contributed by atoms with Crippen molar-refractivity contribution in [2.24, 2.45) is 0 Å². The molecule has 4 rings (SSSR count). The Morgan fingerprint density at radius 1 is 0.577 bits per heavy atom. The first-order valence-corrected chi connectivity index (χ1v) is 17.0. The third kappa shape index (κ3) is 8.64. The van der Waals surface area contributed by atoms with Crippen molar-refractivity contribution in [1.29, 1.82) is 0 Å². The van der Waals surface area contributed by atoms with Crippen LogP contribution in [0.15, 0.2) is 60.7 Å². The lowest BCUT2D eigenvalue weighted by Crippen LogP contribution is -2.28. The van der Waals surface area contributed by atoms with Gasteiger partial charge < -0.3 is 9.47 Å². The van der Waals surface area contributed by atoms with E-state index in [9.17, 15) is 52.7 Å². The van der Waals surface area contributed by atoms with Crippen molar-refractivity contribution in [3.63, 3.8) is 0 Å². The summed E-state index contributed by atoms with van der Waals surface area (Å²) in [6.07, 6.45) is -20.6. The molecule has 0 bridgehead atoms. The molecule has 4 aromatic carbocycles. The van der Waals surface area contributed by atoms with Gasteiger partial charge in [0.1, 0.15) is 11.5 Å².